The van der Waals surface area contributed by atoms with Crippen molar-refractivity contribution in [3.8, 4) is 0 Å². The summed E-state index contributed by atoms with van der Waals surface area (Å²) in [5, 5.41) is 2.22. The van der Waals surface area contributed by atoms with Crippen molar-refractivity contribution in [1.82, 2.24) is 4.90 Å². The second kappa shape index (κ2) is 6.45. The van der Waals surface area contributed by atoms with Gasteiger partial charge in [0.15, 0.2) is 5.78 Å². The van der Waals surface area contributed by atoms with E-state index in [0.717, 1.165) is 23.6 Å². The minimum absolute atomic E-state index is 0.0621. The number of carbonyl (C=O) groups is 1. The van der Waals surface area contributed by atoms with Gasteiger partial charge in [-0.2, -0.15) is 0 Å². The van der Waals surface area contributed by atoms with Crippen LogP contribution in [-0.2, 0) is 5.54 Å². The third-order valence-corrected chi connectivity index (χ3v) is 6.78. The van der Waals surface area contributed by atoms with Gasteiger partial charge in [-0.15, -0.1) is 11.3 Å². The van der Waals surface area contributed by atoms with Crippen molar-refractivity contribution in [3.05, 3.63) is 21.9 Å². The van der Waals surface area contributed by atoms with Gasteiger partial charge in [-0.1, -0.05) is 19.8 Å². The van der Waals surface area contributed by atoms with Crippen LogP contribution in [0.4, 0.5) is 0 Å². The van der Waals surface area contributed by atoms with E-state index in [1.54, 1.807) is 11.3 Å². The highest BCUT2D eigenvalue weighted by Gasteiger charge is 2.33. The maximum absolute atomic E-state index is 12.8. The summed E-state index contributed by atoms with van der Waals surface area (Å²) >= 11 is 1.66. The molecule has 0 N–H and O–H groups in total. The zero-order chi connectivity index (χ0) is 15.7. The Morgan fingerprint density at radius 3 is 2.45 bits per heavy atom. The highest BCUT2D eigenvalue weighted by atomic mass is 32.1. The molecule has 1 saturated heterocycles. The number of Topliss-reactive ketones (excluding diaryl/α,β-unsaturated/α-hetero) is 1. The van der Waals surface area contributed by atoms with Crippen LogP contribution >= 0.6 is 11.3 Å². The second-order valence-corrected chi connectivity index (χ2v) is 8.69. The van der Waals surface area contributed by atoms with E-state index in [9.17, 15) is 4.79 Å². The molecule has 2 nitrogen and oxygen atoms in total. The van der Waals surface area contributed by atoms with E-state index >= 15 is 0 Å². The average molecular weight is 320 g/mol. The summed E-state index contributed by atoms with van der Waals surface area (Å²) in [6.07, 6.45) is 7.21. The Morgan fingerprint density at radius 1 is 1.18 bits per heavy atom. The van der Waals surface area contributed by atoms with Crippen LogP contribution in [0.3, 0.4) is 0 Å². The molecule has 2 fully saturated rings. The van der Waals surface area contributed by atoms with Crippen LogP contribution in [0.1, 0.15) is 74.5 Å². The van der Waals surface area contributed by atoms with E-state index < -0.39 is 0 Å². The molecule has 22 heavy (non-hydrogen) atoms. The van der Waals surface area contributed by atoms with Gasteiger partial charge < -0.3 is 0 Å². The molecule has 0 radical (unpaired) electrons. The molecule has 0 amide bonds. The van der Waals surface area contributed by atoms with Crippen LogP contribution in [0.25, 0.3) is 0 Å². The lowest BCUT2D eigenvalue weighted by atomic mass is 9.80. The first-order valence-electron chi connectivity index (χ1n) is 8.87. The summed E-state index contributed by atoms with van der Waals surface area (Å²) in [5.41, 5.74) is 1.39. The number of hydrogen-bond acceptors (Lipinski definition) is 3. The highest BCUT2D eigenvalue weighted by Crippen LogP contribution is 2.36. The Balaban J connectivity index is 1.71. The molecule has 1 saturated carbocycles. The van der Waals surface area contributed by atoms with E-state index in [1.807, 2.05) is 0 Å². The lowest BCUT2D eigenvalue weighted by molar-refractivity contribution is 0.0879. The van der Waals surface area contributed by atoms with Crippen molar-refractivity contribution < 1.29 is 4.79 Å². The summed E-state index contributed by atoms with van der Waals surface area (Å²) in [6.45, 7) is 9.29. The van der Waals surface area contributed by atoms with Crippen LogP contribution in [0.2, 0.25) is 0 Å². The van der Waals surface area contributed by atoms with E-state index in [-0.39, 0.29) is 11.5 Å². The summed E-state index contributed by atoms with van der Waals surface area (Å²) in [6, 6.07) is 2.18. The van der Waals surface area contributed by atoms with Crippen LogP contribution in [0.15, 0.2) is 11.4 Å². The molecule has 3 rings (SSSR count). The van der Waals surface area contributed by atoms with Crippen molar-refractivity contribution >= 4 is 17.1 Å². The number of rotatable bonds is 4. The molecule has 0 unspecified atom stereocenters. The maximum Gasteiger partial charge on any atom is 0.175 e. The third kappa shape index (κ3) is 3.16. The number of nitrogens with zero attached hydrogens (tertiary/aromatic N) is 1. The molecule has 1 aromatic heterocycles. The molecule has 122 valence electrons. The van der Waals surface area contributed by atoms with Crippen molar-refractivity contribution in [2.75, 3.05) is 13.1 Å². The Bertz CT molecular complexity index is 519. The van der Waals surface area contributed by atoms with Gasteiger partial charge in [-0.25, -0.2) is 0 Å². The van der Waals surface area contributed by atoms with Gasteiger partial charge in [-0.05, 0) is 75.5 Å². The van der Waals surface area contributed by atoms with Crippen molar-refractivity contribution in [2.45, 2.75) is 64.8 Å². The van der Waals surface area contributed by atoms with Gasteiger partial charge in [0, 0.05) is 11.5 Å². The molecule has 1 aliphatic heterocycles. The number of thiophene rings is 1. The predicted octanol–water partition coefficient (Wildman–Crippen LogP) is 5.09. The normalized spacial score (nSPS) is 27.2. The molecule has 3 heteroatoms. The fourth-order valence-corrected chi connectivity index (χ4v) is 5.06. The Kier molecular flexibility index (Phi) is 4.75. The minimum atomic E-state index is 0.0621. The van der Waals surface area contributed by atoms with E-state index in [1.165, 1.54) is 44.3 Å². The van der Waals surface area contributed by atoms with E-state index in [0.29, 0.717) is 5.78 Å². The molecule has 2 heterocycles. The molecule has 1 aliphatic carbocycles. The molecule has 2 aliphatic rings. The molecule has 0 aromatic carbocycles. The van der Waals surface area contributed by atoms with Gasteiger partial charge in [0.05, 0.1) is 4.88 Å². The Labute approximate surface area is 138 Å². The number of likely N-dealkylation sites (tertiary alicyclic amines) is 1. The van der Waals surface area contributed by atoms with Crippen LogP contribution in [0.5, 0.6) is 0 Å². The lowest BCUT2D eigenvalue weighted by Gasteiger charge is -2.35. The van der Waals surface area contributed by atoms with E-state index in [2.05, 4.69) is 37.1 Å². The van der Waals surface area contributed by atoms with Crippen LogP contribution in [-0.4, -0.2) is 23.8 Å². The quantitative estimate of drug-likeness (QED) is 0.721. The van der Waals surface area contributed by atoms with Gasteiger partial charge >= 0.3 is 0 Å². The summed E-state index contributed by atoms with van der Waals surface area (Å²) in [7, 11) is 0. The largest absolute Gasteiger partial charge is 0.294 e. The van der Waals surface area contributed by atoms with Crippen molar-refractivity contribution in [3.63, 3.8) is 0 Å². The first-order chi connectivity index (χ1) is 10.5. The van der Waals surface area contributed by atoms with E-state index in [4.69, 9.17) is 0 Å². The second-order valence-electron chi connectivity index (χ2n) is 7.77. The highest BCUT2D eigenvalue weighted by molar-refractivity contribution is 7.12. The Morgan fingerprint density at radius 2 is 1.82 bits per heavy atom. The number of ketones is 1. The van der Waals surface area contributed by atoms with Crippen LogP contribution < -0.4 is 0 Å². The first kappa shape index (κ1) is 16.2. The third-order valence-electron chi connectivity index (χ3n) is 5.83. The molecular formula is C19H29NOS. The van der Waals surface area contributed by atoms with Gasteiger partial charge in [-0.3, -0.25) is 9.69 Å². The molecule has 1 aromatic rings. The SMILES string of the molecule is CC1CCC(C(=O)c2cc(C(C)(C)N3CCCC3)cs2)CC1. The minimum Gasteiger partial charge on any atom is -0.294 e. The summed E-state index contributed by atoms with van der Waals surface area (Å²) < 4.78 is 0. The van der Waals surface area contributed by atoms with Crippen molar-refractivity contribution in [1.29, 1.82) is 0 Å². The van der Waals surface area contributed by atoms with Gasteiger partial charge in [0.1, 0.15) is 0 Å². The average Bonchev–Trinajstić information content (AvgIpc) is 3.19. The Hall–Kier alpha value is -0.670. The smallest absolute Gasteiger partial charge is 0.175 e. The molecule has 0 atom stereocenters. The maximum atomic E-state index is 12.8. The first-order valence-corrected chi connectivity index (χ1v) is 9.74. The molecular weight excluding hydrogens is 290 g/mol. The zero-order valence-electron chi connectivity index (χ0n) is 14.2. The molecule has 0 spiro atoms. The summed E-state index contributed by atoms with van der Waals surface area (Å²) in [4.78, 5) is 16.3. The lowest BCUT2D eigenvalue weighted by Crippen LogP contribution is -2.39. The molecule has 0 bridgehead atoms. The predicted molar refractivity (Wildman–Crippen MR) is 93.6 cm³/mol. The summed E-state index contributed by atoms with van der Waals surface area (Å²) in [5.74, 6) is 1.48. The standard InChI is InChI=1S/C19H29NOS/c1-14-6-8-15(9-7-14)18(21)17-12-16(13-22-17)19(2,3)20-10-4-5-11-20/h12-15H,4-11H2,1-3H3. The van der Waals surface area contributed by atoms with Crippen LogP contribution in [0, 0.1) is 11.8 Å². The van der Waals surface area contributed by atoms with Gasteiger partial charge in [0.2, 0.25) is 0 Å². The zero-order valence-corrected chi connectivity index (χ0v) is 15.0. The fraction of sp³-hybridized carbons (Fsp3) is 0.737. The number of carbonyl (C=O) groups excluding carboxylic acids is 1. The van der Waals surface area contributed by atoms with Gasteiger partial charge in [0.25, 0.3) is 0 Å². The topological polar surface area (TPSA) is 20.3 Å². The monoisotopic (exact) mass is 319 g/mol. The number of hydrogen-bond donors (Lipinski definition) is 0. The fourth-order valence-electron chi connectivity index (χ4n) is 3.97. The van der Waals surface area contributed by atoms with Crippen molar-refractivity contribution in [2.24, 2.45) is 11.8 Å².